The number of benzene rings is 2. The van der Waals surface area contributed by atoms with E-state index in [-0.39, 0.29) is 5.91 Å². The molecule has 0 radical (unpaired) electrons. The molecule has 0 fully saturated rings. The van der Waals surface area contributed by atoms with Gasteiger partial charge in [-0.15, -0.1) is 21.5 Å². The summed E-state index contributed by atoms with van der Waals surface area (Å²) in [5.74, 6) is 1.13. The summed E-state index contributed by atoms with van der Waals surface area (Å²) in [5, 5.41) is 15.2. The molecule has 7 nitrogen and oxygen atoms in total. The molecule has 5 rings (SSSR count). The van der Waals surface area contributed by atoms with E-state index in [0.717, 1.165) is 32.8 Å². The van der Waals surface area contributed by atoms with Crippen molar-refractivity contribution in [3.8, 4) is 17.1 Å². The number of nitrogens with one attached hydrogen (secondary N) is 1. The number of aryl methyl sites for hydroxylation is 1. The van der Waals surface area contributed by atoms with Gasteiger partial charge >= 0.3 is 0 Å². The van der Waals surface area contributed by atoms with Gasteiger partial charge in [-0.1, -0.05) is 59.8 Å². The average Bonchev–Trinajstić information content (AvgIpc) is 3.55. The molecule has 9 heteroatoms. The summed E-state index contributed by atoms with van der Waals surface area (Å²) in [6.07, 6.45) is 3.52. The summed E-state index contributed by atoms with van der Waals surface area (Å²) < 4.78 is 2.03. The summed E-state index contributed by atoms with van der Waals surface area (Å²) in [4.78, 5) is 21.3. The SMILES string of the molecule is Cc1ccc(-n2c(SCc3nc(C(=O)NCc4ccccc4)cs3)nnc2-c2cccnc2)cc1. The lowest BCUT2D eigenvalue weighted by molar-refractivity contribution is 0.0946. The van der Waals surface area contributed by atoms with Gasteiger partial charge in [-0.3, -0.25) is 14.3 Å². The number of nitrogens with zero attached hydrogens (tertiary/aromatic N) is 5. The number of hydrogen-bond acceptors (Lipinski definition) is 7. The second-order valence-corrected chi connectivity index (χ2v) is 9.69. The fourth-order valence-electron chi connectivity index (χ4n) is 3.45. The Morgan fingerprint density at radius 3 is 2.63 bits per heavy atom. The zero-order chi connectivity index (χ0) is 24.0. The van der Waals surface area contributed by atoms with Gasteiger partial charge in [0.15, 0.2) is 11.0 Å². The minimum atomic E-state index is -0.178. The normalized spacial score (nSPS) is 10.9. The number of carbonyl (C=O) groups is 1. The Hall–Kier alpha value is -3.82. The summed E-state index contributed by atoms with van der Waals surface area (Å²) in [6.45, 7) is 2.53. The summed E-state index contributed by atoms with van der Waals surface area (Å²) in [6, 6.07) is 21.9. The zero-order valence-electron chi connectivity index (χ0n) is 19.0. The summed E-state index contributed by atoms with van der Waals surface area (Å²) in [7, 11) is 0. The molecule has 0 saturated carbocycles. The first-order chi connectivity index (χ1) is 17.2. The lowest BCUT2D eigenvalue weighted by Crippen LogP contribution is -2.23. The third-order valence-corrected chi connectivity index (χ3v) is 7.22. The van der Waals surface area contributed by atoms with Gasteiger partial charge in [-0.25, -0.2) is 4.98 Å². The van der Waals surface area contributed by atoms with E-state index in [1.54, 1.807) is 17.8 Å². The number of hydrogen-bond donors (Lipinski definition) is 1. The molecule has 35 heavy (non-hydrogen) atoms. The Bertz CT molecular complexity index is 1420. The summed E-state index contributed by atoms with van der Waals surface area (Å²) in [5.41, 5.74) is 4.52. The molecule has 174 valence electrons. The van der Waals surface area contributed by atoms with Crippen LogP contribution in [0.4, 0.5) is 0 Å². The predicted octanol–water partition coefficient (Wildman–Crippen LogP) is 5.32. The van der Waals surface area contributed by atoms with Gasteiger partial charge in [0.25, 0.3) is 5.91 Å². The van der Waals surface area contributed by atoms with Crippen LogP contribution in [0.3, 0.4) is 0 Å². The first-order valence-corrected chi connectivity index (χ1v) is 12.9. The first kappa shape index (κ1) is 22.9. The van der Waals surface area contributed by atoms with E-state index < -0.39 is 0 Å². The Kier molecular flexibility index (Phi) is 6.97. The molecule has 1 N–H and O–H groups in total. The topological polar surface area (TPSA) is 85.6 Å². The van der Waals surface area contributed by atoms with Crippen LogP contribution < -0.4 is 5.32 Å². The molecular weight excluding hydrogens is 476 g/mol. The van der Waals surface area contributed by atoms with Crippen molar-refractivity contribution in [3.05, 3.63) is 106 Å². The number of amides is 1. The maximum atomic E-state index is 12.5. The van der Waals surface area contributed by atoms with Crippen LogP contribution in [0, 0.1) is 6.92 Å². The Balaban J connectivity index is 1.32. The van der Waals surface area contributed by atoms with Crippen molar-refractivity contribution >= 4 is 29.0 Å². The highest BCUT2D eigenvalue weighted by Crippen LogP contribution is 2.30. The third kappa shape index (κ3) is 5.47. The minimum absolute atomic E-state index is 0.178. The molecule has 0 atom stereocenters. The molecule has 3 heterocycles. The fraction of sp³-hybridized carbons (Fsp3) is 0.115. The van der Waals surface area contributed by atoms with E-state index in [1.165, 1.54) is 28.7 Å². The lowest BCUT2D eigenvalue weighted by Gasteiger charge is -2.10. The van der Waals surface area contributed by atoms with Crippen LogP contribution in [0.5, 0.6) is 0 Å². The maximum Gasteiger partial charge on any atom is 0.271 e. The largest absolute Gasteiger partial charge is 0.347 e. The quantitative estimate of drug-likeness (QED) is 0.292. The number of aromatic nitrogens is 5. The second-order valence-electron chi connectivity index (χ2n) is 7.80. The Labute approximate surface area is 211 Å². The number of thioether (sulfide) groups is 1. The van der Waals surface area contributed by atoms with Gasteiger partial charge < -0.3 is 5.32 Å². The zero-order valence-corrected chi connectivity index (χ0v) is 20.6. The van der Waals surface area contributed by atoms with Crippen molar-refractivity contribution in [3.63, 3.8) is 0 Å². The number of carbonyl (C=O) groups excluding carboxylic acids is 1. The molecule has 3 aromatic heterocycles. The smallest absolute Gasteiger partial charge is 0.271 e. The lowest BCUT2D eigenvalue weighted by atomic mass is 10.2. The highest BCUT2D eigenvalue weighted by molar-refractivity contribution is 7.98. The molecule has 0 unspecified atom stereocenters. The van der Waals surface area contributed by atoms with Crippen LogP contribution in [0.25, 0.3) is 17.1 Å². The fourth-order valence-corrected chi connectivity index (χ4v) is 5.19. The number of pyridine rings is 1. The minimum Gasteiger partial charge on any atom is -0.347 e. The first-order valence-electron chi connectivity index (χ1n) is 11.0. The molecule has 0 aliphatic carbocycles. The Morgan fingerprint density at radius 2 is 1.86 bits per heavy atom. The van der Waals surface area contributed by atoms with Gasteiger partial charge in [-0.05, 0) is 36.8 Å². The van der Waals surface area contributed by atoms with Gasteiger partial charge in [0.05, 0.1) is 5.75 Å². The molecule has 2 aromatic carbocycles. The van der Waals surface area contributed by atoms with Crippen molar-refractivity contribution in [1.82, 2.24) is 30.0 Å². The van der Waals surface area contributed by atoms with E-state index in [1.807, 2.05) is 47.0 Å². The van der Waals surface area contributed by atoms with Crippen LogP contribution in [-0.2, 0) is 12.3 Å². The molecule has 5 aromatic rings. The van der Waals surface area contributed by atoms with E-state index in [0.29, 0.717) is 18.0 Å². The van der Waals surface area contributed by atoms with Crippen LogP contribution in [0.1, 0.15) is 26.6 Å². The van der Waals surface area contributed by atoms with Gasteiger partial charge in [-0.2, -0.15) is 0 Å². The monoisotopic (exact) mass is 498 g/mol. The van der Waals surface area contributed by atoms with Crippen molar-refractivity contribution in [2.75, 3.05) is 0 Å². The molecular formula is C26H22N6OS2. The summed E-state index contributed by atoms with van der Waals surface area (Å²) >= 11 is 3.00. The van der Waals surface area contributed by atoms with Gasteiger partial charge in [0.1, 0.15) is 10.7 Å². The molecule has 0 aliphatic rings. The average molecular weight is 499 g/mol. The van der Waals surface area contributed by atoms with Crippen LogP contribution in [0.15, 0.2) is 89.7 Å². The van der Waals surface area contributed by atoms with Gasteiger partial charge in [0, 0.05) is 35.6 Å². The predicted molar refractivity (Wildman–Crippen MR) is 139 cm³/mol. The Morgan fingerprint density at radius 1 is 1.03 bits per heavy atom. The molecule has 0 aliphatic heterocycles. The van der Waals surface area contributed by atoms with Crippen molar-refractivity contribution in [2.45, 2.75) is 24.4 Å². The van der Waals surface area contributed by atoms with E-state index in [4.69, 9.17) is 0 Å². The number of rotatable bonds is 8. The molecule has 0 spiro atoms. The van der Waals surface area contributed by atoms with E-state index in [9.17, 15) is 4.79 Å². The molecule has 0 saturated heterocycles. The highest BCUT2D eigenvalue weighted by atomic mass is 32.2. The number of thiazole rings is 1. The molecule has 0 bridgehead atoms. The van der Waals surface area contributed by atoms with Gasteiger partial charge in [0.2, 0.25) is 0 Å². The maximum absolute atomic E-state index is 12.5. The van der Waals surface area contributed by atoms with Crippen LogP contribution in [-0.4, -0.2) is 30.6 Å². The third-order valence-electron chi connectivity index (χ3n) is 5.25. The van der Waals surface area contributed by atoms with E-state index in [2.05, 4.69) is 56.7 Å². The molecule has 1 amide bonds. The van der Waals surface area contributed by atoms with Crippen LogP contribution >= 0.6 is 23.1 Å². The van der Waals surface area contributed by atoms with Crippen LogP contribution in [0.2, 0.25) is 0 Å². The highest BCUT2D eigenvalue weighted by Gasteiger charge is 2.18. The second kappa shape index (κ2) is 10.6. The standard InChI is InChI=1S/C26H22N6OS2/c1-18-9-11-21(12-10-18)32-24(20-8-5-13-27-15-20)30-31-26(32)35-17-23-29-22(16-34-23)25(33)28-14-19-6-3-2-4-7-19/h2-13,15-16H,14,17H2,1H3,(H,28,33). The van der Waals surface area contributed by atoms with Crippen molar-refractivity contribution in [2.24, 2.45) is 0 Å². The van der Waals surface area contributed by atoms with E-state index >= 15 is 0 Å². The van der Waals surface area contributed by atoms with Crippen molar-refractivity contribution in [1.29, 1.82) is 0 Å². The van der Waals surface area contributed by atoms with Crippen molar-refractivity contribution < 1.29 is 4.79 Å².